The molecule has 32 heavy (non-hydrogen) atoms. The quantitative estimate of drug-likeness (QED) is 0.611. The van der Waals surface area contributed by atoms with Gasteiger partial charge < -0.3 is 15.1 Å². The Hall–Kier alpha value is -2.93. The number of hydrogen-bond donors (Lipinski definition) is 2. The van der Waals surface area contributed by atoms with Crippen LogP contribution < -0.4 is 0 Å². The number of carbonyl (C=O) groups excluding carboxylic acids is 1. The summed E-state index contributed by atoms with van der Waals surface area (Å²) in [6.07, 6.45) is 3.65. The second-order valence-electron chi connectivity index (χ2n) is 8.90. The highest BCUT2D eigenvalue weighted by Gasteiger charge is 2.41. The number of benzene rings is 2. The number of amides is 1. The average Bonchev–Trinajstić information content (AvgIpc) is 2.97. The van der Waals surface area contributed by atoms with Gasteiger partial charge in [0.15, 0.2) is 0 Å². The van der Waals surface area contributed by atoms with Crippen molar-refractivity contribution in [3.63, 3.8) is 0 Å². The summed E-state index contributed by atoms with van der Waals surface area (Å²) in [7, 11) is 0. The minimum Gasteiger partial charge on any atom is -0.508 e. The molecule has 170 valence electrons. The Morgan fingerprint density at radius 3 is 2.44 bits per heavy atom. The summed E-state index contributed by atoms with van der Waals surface area (Å²) in [5.74, 6) is -1.29. The summed E-state index contributed by atoms with van der Waals surface area (Å²) in [4.78, 5) is 27.7. The molecule has 7 heteroatoms. The Bertz CT molecular complexity index is 968. The molecule has 2 heterocycles. The van der Waals surface area contributed by atoms with Crippen molar-refractivity contribution >= 4 is 11.9 Å². The van der Waals surface area contributed by atoms with Crippen molar-refractivity contribution in [1.82, 2.24) is 9.80 Å². The molecular weight excluding hydrogens is 411 g/mol. The monoisotopic (exact) mass is 440 g/mol. The number of carboxylic acid groups (broad SMARTS) is 1. The molecule has 1 amide bonds. The molecule has 4 rings (SSSR count). The first-order chi connectivity index (χ1) is 15.4. The van der Waals surface area contributed by atoms with Crippen molar-refractivity contribution < 1.29 is 24.2 Å². The highest BCUT2D eigenvalue weighted by molar-refractivity contribution is 5.93. The number of aliphatic carboxylic acids is 1. The van der Waals surface area contributed by atoms with Crippen LogP contribution in [0.3, 0.4) is 0 Å². The fraction of sp³-hybridized carbons (Fsp3) is 0.440. The Balaban J connectivity index is 1.41. The summed E-state index contributed by atoms with van der Waals surface area (Å²) in [6, 6.07) is 14.4. The maximum Gasteiger partial charge on any atom is 0.312 e. The van der Waals surface area contributed by atoms with Gasteiger partial charge in [0, 0.05) is 31.7 Å². The molecule has 2 fully saturated rings. The number of halogens is 1. The minimum atomic E-state index is -1.16. The van der Waals surface area contributed by atoms with Gasteiger partial charge in [-0.3, -0.25) is 14.5 Å². The highest BCUT2D eigenvalue weighted by atomic mass is 19.1. The van der Waals surface area contributed by atoms with Gasteiger partial charge in [0.2, 0.25) is 5.91 Å². The number of aromatic hydroxyl groups is 1. The largest absolute Gasteiger partial charge is 0.508 e. The molecular formula is C25H29FN2O4. The van der Waals surface area contributed by atoms with Gasteiger partial charge in [-0.15, -0.1) is 0 Å². The van der Waals surface area contributed by atoms with E-state index in [1.165, 1.54) is 22.6 Å². The minimum absolute atomic E-state index is 0.193. The Morgan fingerprint density at radius 1 is 1.06 bits per heavy atom. The summed E-state index contributed by atoms with van der Waals surface area (Å²) >= 11 is 0. The zero-order chi connectivity index (χ0) is 22.7. The second-order valence-corrected chi connectivity index (χ2v) is 8.90. The van der Waals surface area contributed by atoms with Crippen LogP contribution in [-0.2, 0) is 16.1 Å². The third-order valence-electron chi connectivity index (χ3n) is 6.77. The molecule has 2 aromatic rings. The Labute approximate surface area is 187 Å². The predicted octanol–water partition coefficient (Wildman–Crippen LogP) is 3.75. The number of rotatable bonds is 8. The average molecular weight is 441 g/mol. The van der Waals surface area contributed by atoms with E-state index < -0.39 is 18.3 Å². The van der Waals surface area contributed by atoms with Gasteiger partial charge in [-0.05, 0) is 67.0 Å². The van der Waals surface area contributed by atoms with Gasteiger partial charge in [0.1, 0.15) is 18.0 Å². The number of carbonyl (C=O) groups is 2. The van der Waals surface area contributed by atoms with Crippen LogP contribution in [0.15, 0.2) is 48.5 Å². The van der Waals surface area contributed by atoms with Crippen molar-refractivity contribution in [3.05, 3.63) is 65.5 Å². The molecule has 1 unspecified atom stereocenters. The molecule has 0 spiro atoms. The molecule has 0 saturated carbocycles. The van der Waals surface area contributed by atoms with Gasteiger partial charge in [-0.25, -0.2) is 4.39 Å². The van der Waals surface area contributed by atoms with Crippen LogP contribution in [0.2, 0.25) is 0 Å². The van der Waals surface area contributed by atoms with E-state index in [0.717, 1.165) is 25.7 Å². The molecule has 2 N–H and O–H groups in total. The van der Waals surface area contributed by atoms with E-state index in [1.807, 2.05) is 12.1 Å². The number of fused-ring (bicyclic) bond motifs is 2. The molecule has 3 atom stereocenters. The molecule has 6 nitrogen and oxygen atoms in total. The third-order valence-corrected chi connectivity index (χ3v) is 6.77. The number of carboxylic acids is 1. The molecule has 0 aliphatic carbocycles. The van der Waals surface area contributed by atoms with E-state index in [2.05, 4.69) is 11.0 Å². The van der Waals surface area contributed by atoms with E-state index in [-0.39, 0.29) is 12.4 Å². The Morgan fingerprint density at radius 2 is 1.78 bits per heavy atom. The van der Waals surface area contributed by atoms with E-state index in [1.54, 1.807) is 18.2 Å². The summed E-state index contributed by atoms with van der Waals surface area (Å²) < 4.78 is 13.6. The fourth-order valence-corrected chi connectivity index (χ4v) is 5.32. The van der Waals surface area contributed by atoms with Crippen LogP contribution in [0, 0.1) is 5.82 Å². The summed E-state index contributed by atoms with van der Waals surface area (Å²) in [5.41, 5.74) is 1.82. The van der Waals surface area contributed by atoms with E-state index in [9.17, 15) is 19.1 Å². The van der Waals surface area contributed by atoms with Crippen molar-refractivity contribution in [2.45, 2.75) is 56.7 Å². The molecule has 2 aliphatic rings. The number of phenols is 1. The highest BCUT2D eigenvalue weighted by Crippen LogP contribution is 2.43. The maximum absolute atomic E-state index is 13.6. The number of phenolic OH excluding ortho intramolecular Hbond substituents is 1. The first kappa shape index (κ1) is 22.3. The summed E-state index contributed by atoms with van der Waals surface area (Å²) in [5, 5.41) is 18.9. The van der Waals surface area contributed by atoms with Crippen LogP contribution in [0.1, 0.15) is 49.1 Å². The molecule has 2 aliphatic heterocycles. The molecule has 0 aromatic heterocycles. The van der Waals surface area contributed by atoms with Gasteiger partial charge >= 0.3 is 5.97 Å². The SMILES string of the molecule is O=C(O)CC(=O)N(CCN1[C@@H]2CC[C@H]1CC(c1cccc(O)c1)C2)Cc1cccc(F)c1. The number of nitrogens with zero attached hydrogens (tertiary/aromatic N) is 2. The van der Waals surface area contributed by atoms with Crippen molar-refractivity contribution in [1.29, 1.82) is 0 Å². The zero-order valence-corrected chi connectivity index (χ0v) is 18.0. The van der Waals surface area contributed by atoms with Gasteiger partial charge in [-0.2, -0.15) is 0 Å². The Kier molecular flexibility index (Phi) is 6.74. The van der Waals surface area contributed by atoms with Gasteiger partial charge in [0.05, 0.1) is 0 Å². The molecule has 2 saturated heterocycles. The number of piperidine rings is 1. The lowest BCUT2D eigenvalue weighted by Gasteiger charge is -2.40. The van der Waals surface area contributed by atoms with Gasteiger partial charge in [0.25, 0.3) is 0 Å². The topological polar surface area (TPSA) is 81.1 Å². The molecule has 2 aromatic carbocycles. The van der Waals surface area contributed by atoms with E-state index in [0.29, 0.717) is 42.4 Å². The normalized spacial score (nSPS) is 22.6. The lowest BCUT2D eigenvalue weighted by atomic mass is 9.85. The third kappa shape index (κ3) is 5.27. The van der Waals surface area contributed by atoms with E-state index in [4.69, 9.17) is 5.11 Å². The van der Waals surface area contributed by atoms with Crippen LogP contribution in [-0.4, -0.2) is 57.1 Å². The van der Waals surface area contributed by atoms with Crippen LogP contribution >= 0.6 is 0 Å². The van der Waals surface area contributed by atoms with Crippen molar-refractivity contribution in [3.8, 4) is 5.75 Å². The zero-order valence-electron chi connectivity index (χ0n) is 18.0. The number of hydrogen-bond acceptors (Lipinski definition) is 4. The first-order valence-corrected chi connectivity index (χ1v) is 11.2. The molecule has 2 bridgehead atoms. The smallest absolute Gasteiger partial charge is 0.312 e. The second kappa shape index (κ2) is 9.69. The van der Waals surface area contributed by atoms with Gasteiger partial charge in [-0.1, -0.05) is 24.3 Å². The van der Waals surface area contributed by atoms with Crippen LogP contribution in [0.5, 0.6) is 5.75 Å². The van der Waals surface area contributed by atoms with Crippen LogP contribution in [0.4, 0.5) is 4.39 Å². The molecule has 0 radical (unpaired) electrons. The summed E-state index contributed by atoms with van der Waals surface area (Å²) in [6.45, 7) is 1.27. The standard InChI is InChI=1S/C25H29FN2O4/c26-20-5-1-3-17(11-20)16-27(24(30)15-25(31)32)9-10-28-21-7-8-22(28)13-19(12-21)18-4-2-6-23(29)14-18/h1-6,11,14,19,21-22,29H,7-10,12-13,15-16H2,(H,31,32)/t19?,21-,22+. The van der Waals surface area contributed by atoms with Crippen molar-refractivity contribution in [2.75, 3.05) is 13.1 Å². The maximum atomic E-state index is 13.6. The van der Waals surface area contributed by atoms with Crippen LogP contribution in [0.25, 0.3) is 0 Å². The predicted molar refractivity (Wildman–Crippen MR) is 118 cm³/mol. The first-order valence-electron chi connectivity index (χ1n) is 11.2. The van der Waals surface area contributed by atoms with Crippen molar-refractivity contribution in [2.24, 2.45) is 0 Å². The lowest BCUT2D eigenvalue weighted by molar-refractivity contribution is -0.144. The van der Waals surface area contributed by atoms with E-state index >= 15 is 0 Å². The fourth-order valence-electron chi connectivity index (χ4n) is 5.32. The lowest BCUT2D eigenvalue weighted by Crippen LogP contribution is -2.47.